The van der Waals surface area contributed by atoms with E-state index < -0.39 is 0 Å². The van der Waals surface area contributed by atoms with E-state index >= 15 is 0 Å². The third kappa shape index (κ3) is 4.30. The van der Waals surface area contributed by atoms with Gasteiger partial charge in [-0.1, -0.05) is 32.9 Å². The lowest BCUT2D eigenvalue weighted by molar-refractivity contribution is 0.0955. The smallest absolute Gasteiger partial charge is 0.271 e. The van der Waals surface area contributed by atoms with Crippen LogP contribution in [-0.2, 0) is 5.41 Å². The van der Waals surface area contributed by atoms with Crippen LogP contribution in [0.2, 0.25) is 0 Å². The van der Waals surface area contributed by atoms with Crippen LogP contribution in [0.3, 0.4) is 0 Å². The number of nitrogens with zero attached hydrogens (tertiary/aromatic N) is 1. The Morgan fingerprint density at radius 1 is 1.23 bits per heavy atom. The van der Waals surface area contributed by atoms with E-state index in [1.165, 1.54) is 11.8 Å². The Morgan fingerprint density at radius 3 is 2.36 bits per heavy atom. The van der Waals surface area contributed by atoms with Crippen LogP contribution < -0.4 is 5.43 Å². The third-order valence-corrected chi connectivity index (χ3v) is 4.75. The summed E-state index contributed by atoms with van der Waals surface area (Å²) in [7, 11) is 0. The molecule has 0 atom stereocenters. The molecule has 0 radical (unpaired) electrons. The zero-order valence-electron chi connectivity index (χ0n) is 12.5. The molecule has 2 aromatic rings. The second-order valence-electron chi connectivity index (χ2n) is 5.80. The highest BCUT2D eigenvalue weighted by Gasteiger charge is 2.14. The number of furan rings is 1. The fourth-order valence-corrected chi connectivity index (χ4v) is 2.38. The number of hydrazone groups is 1. The first-order valence-corrected chi connectivity index (χ1v) is 8.25. The Balaban J connectivity index is 2.00. The molecule has 2 rings (SSSR count). The van der Waals surface area contributed by atoms with Crippen molar-refractivity contribution in [3.8, 4) is 0 Å². The van der Waals surface area contributed by atoms with Crippen LogP contribution in [0.1, 0.15) is 42.5 Å². The van der Waals surface area contributed by atoms with E-state index in [2.05, 4.69) is 63.2 Å². The molecule has 1 aromatic carbocycles. The fourth-order valence-electron chi connectivity index (χ4n) is 1.77. The van der Waals surface area contributed by atoms with E-state index in [-0.39, 0.29) is 11.3 Å². The average molecular weight is 428 g/mol. The van der Waals surface area contributed by atoms with Crippen molar-refractivity contribution in [2.45, 2.75) is 26.2 Å². The second kappa shape index (κ2) is 6.79. The average Bonchev–Trinajstić information content (AvgIpc) is 2.77. The minimum atomic E-state index is -0.263. The Hall–Kier alpha value is -1.40. The van der Waals surface area contributed by atoms with Crippen LogP contribution in [0.4, 0.5) is 0 Å². The SMILES string of the molecule is CC(C)(C)c1ccc(C(=O)N/N=C\c2cc(Br)c(Br)o2)cc1. The van der Waals surface area contributed by atoms with Gasteiger partial charge in [-0.2, -0.15) is 5.10 Å². The maximum Gasteiger partial charge on any atom is 0.271 e. The van der Waals surface area contributed by atoms with E-state index in [1.807, 2.05) is 12.1 Å². The van der Waals surface area contributed by atoms with E-state index in [9.17, 15) is 4.79 Å². The summed E-state index contributed by atoms with van der Waals surface area (Å²) in [6, 6.07) is 9.26. The lowest BCUT2D eigenvalue weighted by atomic mass is 9.87. The minimum Gasteiger partial charge on any atom is -0.447 e. The molecule has 1 N–H and O–H groups in total. The largest absolute Gasteiger partial charge is 0.447 e. The Kier molecular flexibility index (Phi) is 5.24. The molecule has 1 amide bonds. The van der Waals surface area contributed by atoms with Crippen molar-refractivity contribution in [2.75, 3.05) is 0 Å². The molecule has 0 fully saturated rings. The van der Waals surface area contributed by atoms with Crippen LogP contribution in [0.5, 0.6) is 0 Å². The number of rotatable bonds is 3. The standard InChI is InChI=1S/C16H16Br2N2O2/c1-16(2,3)11-6-4-10(5-7-11)15(21)20-19-9-12-8-13(17)14(18)22-12/h4-9H,1-3H3,(H,20,21)/b19-9-. The molecule has 6 heteroatoms. The van der Waals surface area contributed by atoms with Gasteiger partial charge in [-0.05, 0) is 55.0 Å². The summed E-state index contributed by atoms with van der Waals surface area (Å²) in [6.45, 7) is 6.39. The predicted octanol–water partition coefficient (Wildman–Crippen LogP) is 4.87. The summed E-state index contributed by atoms with van der Waals surface area (Å²) in [4.78, 5) is 12.0. The highest BCUT2D eigenvalue weighted by molar-refractivity contribution is 9.13. The summed E-state index contributed by atoms with van der Waals surface area (Å²) >= 11 is 6.54. The quantitative estimate of drug-likeness (QED) is 0.561. The topological polar surface area (TPSA) is 54.6 Å². The zero-order chi connectivity index (χ0) is 16.3. The van der Waals surface area contributed by atoms with Gasteiger partial charge < -0.3 is 4.42 Å². The number of nitrogens with one attached hydrogen (secondary N) is 1. The molecule has 0 spiro atoms. The molecule has 0 aliphatic heterocycles. The molecule has 0 aliphatic carbocycles. The van der Waals surface area contributed by atoms with Crippen LogP contribution >= 0.6 is 31.9 Å². The first-order valence-electron chi connectivity index (χ1n) is 6.66. The Labute approximate surface area is 146 Å². The Morgan fingerprint density at radius 2 is 1.86 bits per heavy atom. The molecular formula is C16H16Br2N2O2. The van der Waals surface area contributed by atoms with E-state index in [0.717, 1.165) is 4.47 Å². The van der Waals surface area contributed by atoms with Gasteiger partial charge in [0.2, 0.25) is 0 Å². The summed E-state index contributed by atoms with van der Waals surface area (Å²) in [5.74, 6) is 0.267. The molecule has 0 aliphatic rings. The summed E-state index contributed by atoms with van der Waals surface area (Å²) in [5.41, 5.74) is 4.28. The second-order valence-corrected chi connectivity index (χ2v) is 7.37. The molecular weight excluding hydrogens is 412 g/mol. The van der Waals surface area contributed by atoms with Gasteiger partial charge in [-0.15, -0.1) is 0 Å². The molecule has 1 heterocycles. The molecule has 116 valence electrons. The normalized spacial score (nSPS) is 11.9. The zero-order valence-corrected chi connectivity index (χ0v) is 15.7. The molecule has 0 saturated heterocycles. The lowest BCUT2D eigenvalue weighted by Gasteiger charge is -2.18. The number of hydrogen-bond donors (Lipinski definition) is 1. The van der Waals surface area contributed by atoms with Crippen LogP contribution in [-0.4, -0.2) is 12.1 Å². The van der Waals surface area contributed by atoms with Crippen LogP contribution in [0.25, 0.3) is 0 Å². The first kappa shape index (κ1) is 17.0. The maximum atomic E-state index is 12.0. The Bertz CT molecular complexity index is 678. The van der Waals surface area contributed by atoms with E-state index in [0.29, 0.717) is 16.0 Å². The van der Waals surface area contributed by atoms with Crippen molar-refractivity contribution in [3.63, 3.8) is 0 Å². The highest BCUT2D eigenvalue weighted by atomic mass is 79.9. The van der Waals surface area contributed by atoms with Crippen molar-refractivity contribution in [1.82, 2.24) is 5.43 Å². The van der Waals surface area contributed by atoms with Gasteiger partial charge in [0.25, 0.3) is 5.91 Å². The van der Waals surface area contributed by atoms with Gasteiger partial charge in [0.15, 0.2) is 4.67 Å². The monoisotopic (exact) mass is 426 g/mol. The van der Waals surface area contributed by atoms with Gasteiger partial charge in [0.05, 0.1) is 10.7 Å². The number of carbonyl (C=O) groups is 1. The van der Waals surface area contributed by atoms with Crippen LogP contribution in [0.15, 0.2) is 49.0 Å². The molecule has 0 bridgehead atoms. The lowest BCUT2D eigenvalue weighted by Crippen LogP contribution is -2.18. The van der Waals surface area contributed by atoms with E-state index in [1.54, 1.807) is 18.2 Å². The van der Waals surface area contributed by atoms with Gasteiger partial charge in [0.1, 0.15) is 5.76 Å². The molecule has 4 nitrogen and oxygen atoms in total. The number of carbonyl (C=O) groups excluding carboxylic acids is 1. The van der Waals surface area contributed by atoms with Crippen molar-refractivity contribution < 1.29 is 9.21 Å². The van der Waals surface area contributed by atoms with E-state index in [4.69, 9.17) is 4.42 Å². The molecule has 0 saturated carbocycles. The van der Waals surface area contributed by atoms with Crippen molar-refractivity contribution >= 4 is 44.0 Å². The summed E-state index contributed by atoms with van der Waals surface area (Å²) in [6.07, 6.45) is 1.44. The number of halogens is 2. The summed E-state index contributed by atoms with van der Waals surface area (Å²) < 4.78 is 6.70. The third-order valence-electron chi connectivity index (χ3n) is 3.04. The maximum absolute atomic E-state index is 12.0. The minimum absolute atomic E-state index is 0.0627. The highest BCUT2D eigenvalue weighted by Crippen LogP contribution is 2.25. The van der Waals surface area contributed by atoms with Crippen LogP contribution in [0, 0.1) is 0 Å². The number of hydrogen-bond acceptors (Lipinski definition) is 3. The first-order chi connectivity index (χ1) is 10.3. The van der Waals surface area contributed by atoms with Crippen molar-refractivity contribution in [2.24, 2.45) is 5.10 Å². The van der Waals surface area contributed by atoms with Gasteiger partial charge >= 0.3 is 0 Å². The predicted molar refractivity (Wildman–Crippen MR) is 94.3 cm³/mol. The number of amides is 1. The molecule has 1 aromatic heterocycles. The summed E-state index contributed by atoms with van der Waals surface area (Å²) in [5, 5.41) is 3.88. The van der Waals surface area contributed by atoms with Gasteiger partial charge in [0, 0.05) is 11.6 Å². The van der Waals surface area contributed by atoms with Crippen molar-refractivity contribution in [1.29, 1.82) is 0 Å². The fraction of sp³-hybridized carbons (Fsp3) is 0.250. The molecule has 22 heavy (non-hydrogen) atoms. The van der Waals surface area contributed by atoms with Gasteiger partial charge in [-0.25, -0.2) is 5.43 Å². The van der Waals surface area contributed by atoms with Crippen molar-refractivity contribution in [3.05, 3.63) is 56.4 Å². The molecule has 0 unspecified atom stereocenters. The number of benzene rings is 1. The van der Waals surface area contributed by atoms with Gasteiger partial charge in [-0.3, -0.25) is 4.79 Å².